The maximum atomic E-state index is 13.1. The first kappa shape index (κ1) is 31.8. The summed E-state index contributed by atoms with van der Waals surface area (Å²) in [7, 11) is 0. The van der Waals surface area contributed by atoms with Crippen LogP contribution in [0.25, 0.3) is 0 Å². The van der Waals surface area contributed by atoms with Crippen LogP contribution in [0.5, 0.6) is 0 Å². The number of benzene rings is 2. The van der Waals surface area contributed by atoms with Gasteiger partial charge in [-0.2, -0.15) is 0 Å². The van der Waals surface area contributed by atoms with E-state index in [-0.39, 0.29) is 13.0 Å². The van der Waals surface area contributed by atoms with Crippen molar-refractivity contribution in [1.29, 1.82) is 0 Å². The Morgan fingerprint density at radius 2 is 1.45 bits per heavy atom. The maximum absolute atomic E-state index is 13.1. The molecule has 0 heterocycles. The van der Waals surface area contributed by atoms with Crippen LogP contribution in [-0.2, 0) is 36.9 Å². The molecule has 2 aromatic carbocycles. The maximum Gasteiger partial charge on any atom is 0.408 e. The molecule has 0 aliphatic rings. The van der Waals surface area contributed by atoms with Gasteiger partial charge in [0, 0.05) is 5.54 Å². The third kappa shape index (κ3) is 11.9. The third-order valence-electron chi connectivity index (χ3n) is 5.44. The van der Waals surface area contributed by atoms with Crippen LogP contribution in [0.3, 0.4) is 0 Å². The summed E-state index contributed by atoms with van der Waals surface area (Å²) in [5.41, 5.74) is 6.16. The molecule has 40 heavy (non-hydrogen) atoms. The Morgan fingerprint density at radius 1 is 0.875 bits per heavy atom. The highest BCUT2D eigenvalue weighted by atomic mass is 16.5. The van der Waals surface area contributed by atoms with Gasteiger partial charge >= 0.3 is 6.09 Å². The molecular weight excluding hydrogens is 518 g/mol. The van der Waals surface area contributed by atoms with Crippen molar-refractivity contribution in [2.75, 3.05) is 6.54 Å². The van der Waals surface area contributed by atoms with Crippen molar-refractivity contribution in [2.45, 2.75) is 63.9 Å². The van der Waals surface area contributed by atoms with Crippen LogP contribution in [0.1, 0.15) is 38.3 Å². The van der Waals surface area contributed by atoms with Gasteiger partial charge in [0.2, 0.25) is 17.7 Å². The molecule has 12 heteroatoms. The lowest BCUT2D eigenvalue weighted by atomic mass is 9.99. The molecule has 0 fully saturated rings. The van der Waals surface area contributed by atoms with E-state index in [9.17, 15) is 29.1 Å². The minimum atomic E-state index is -1.77. The molecule has 0 radical (unpaired) electrons. The lowest BCUT2D eigenvalue weighted by molar-refractivity contribution is -0.135. The summed E-state index contributed by atoms with van der Waals surface area (Å²) in [5, 5.41) is 20.7. The zero-order chi connectivity index (χ0) is 29.7. The van der Waals surface area contributed by atoms with Gasteiger partial charge in [-0.3, -0.25) is 19.2 Å². The van der Waals surface area contributed by atoms with Crippen LogP contribution in [0.4, 0.5) is 4.79 Å². The van der Waals surface area contributed by atoms with Gasteiger partial charge in [0.05, 0.1) is 19.0 Å². The number of rotatable bonds is 13. The van der Waals surface area contributed by atoms with Crippen LogP contribution in [0.2, 0.25) is 0 Å². The lowest BCUT2D eigenvalue weighted by Crippen LogP contribution is -2.57. The number of hydrogen-bond acceptors (Lipinski definition) is 7. The van der Waals surface area contributed by atoms with E-state index in [2.05, 4.69) is 21.3 Å². The number of aliphatic hydroxyl groups is 1. The Balaban J connectivity index is 2.11. The number of amides is 5. The summed E-state index contributed by atoms with van der Waals surface area (Å²) in [5.74, 6) is -3.09. The van der Waals surface area contributed by atoms with Gasteiger partial charge in [0.15, 0.2) is 6.10 Å². The average Bonchev–Trinajstić information content (AvgIpc) is 2.89. The van der Waals surface area contributed by atoms with Gasteiger partial charge in [0.25, 0.3) is 5.91 Å². The third-order valence-corrected chi connectivity index (χ3v) is 5.44. The summed E-state index contributed by atoms with van der Waals surface area (Å²) in [6.45, 7) is 4.87. The van der Waals surface area contributed by atoms with Crippen molar-refractivity contribution >= 4 is 29.7 Å². The van der Waals surface area contributed by atoms with Crippen molar-refractivity contribution in [3.63, 3.8) is 0 Å². The fraction of sp³-hybridized carbons (Fsp3) is 0.393. The first-order chi connectivity index (χ1) is 18.8. The Bertz CT molecular complexity index is 1150. The van der Waals surface area contributed by atoms with E-state index in [1.54, 1.807) is 81.4 Å². The second kappa shape index (κ2) is 15.2. The molecule has 5 amide bonds. The van der Waals surface area contributed by atoms with Crippen LogP contribution in [-0.4, -0.2) is 65.1 Å². The zero-order valence-electron chi connectivity index (χ0n) is 22.8. The molecular formula is C28H37N5O7. The fourth-order valence-electron chi connectivity index (χ4n) is 3.63. The molecule has 2 rings (SSSR count). The zero-order valence-corrected chi connectivity index (χ0v) is 22.8. The molecule has 7 N–H and O–H groups in total. The number of nitrogens with two attached hydrogens (primary N) is 1. The van der Waals surface area contributed by atoms with E-state index >= 15 is 0 Å². The topological polar surface area (TPSA) is 189 Å². The largest absolute Gasteiger partial charge is 0.445 e. The van der Waals surface area contributed by atoms with Gasteiger partial charge in [0.1, 0.15) is 12.6 Å². The Morgan fingerprint density at radius 3 is 2.00 bits per heavy atom. The number of aliphatic hydroxyl groups excluding tert-OH is 1. The SMILES string of the molecule is CC(C)(C)NC(=O)CNC(=O)[C@@H](O)[C@H](Cc1ccccc1)NC(=O)[C@H](CC(N)=O)NC(=O)OCc1ccccc1. The number of carbonyl (C=O) groups excluding carboxylic acids is 5. The minimum absolute atomic E-state index is 0.0249. The van der Waals surface area contributed by atoms with E-state index in [1.807, 2.05) is 0 Å². The smallest absolute Gasteiger partial charge is 0.408 e. The molecule has 0 saturated carbocycles. The second-order valence-corrected chi connectivity index (χ2v) is 10.2. The highest BCUT2D eigenvalue weighted by molar-refractivity contribution is 5.92. The minimum Gasteiger partial charge on any atom is -0.445 e. The van der Waals surface area contributed by atoms with Crippen LogP contribution < -0.4 is 27.0 Å². The van der Waals surface area contributed by atoms with Crippen molar-refractivity contribution in [3.05, 3.63) is 71.8 Å². The first-order valence-corrected chi connectivity index (χ1v) is 12.7. The summed E-state index contributed by atoms with van der Waals surface area (Å²) in [6, 6.07) is 15.0. The number of carbonyl (C=O) groups is 5. The number of alkyl carbamates (subject to hydrolysis) is 1. The van der Waals surface area contributed by atoms with E-state index in [1.165, 1.54) is 0 Å². The summed E-state index contributed by atoms with van der Waals surface area (Å²) >= 11 is 0. The second-order valence-electron chi connectivity index (χ2n) is 10.2. The lowest BCUT2D eigenvalue weighted by Gasteiger charge is -2.26. The van der Waals surface area contributed by atoms with E-state index < -0.39 is 66.4 Å². The number of primary amides is 1. The predicted octanol–water partition coefficient (Wildman–Crippen LogP) is 0.276. The van der Waals surface area contributed by atoms with Crippen molar-refractivity contribution < 1.29 is 33.8 Å². The number of hydrogen-bond donors (Lipinski definition) is 6. The van der Waals surface area contributed by atoms with Gasteiger partial charge in [-0.15, -0.1) is 0 Å². The van der Waals surface area contributed by atoms with Crippen molar-refractivity contribution in [1.82, 2.24) is 21.3 Å². The normalized spacial score (nSPS) is 13.2. The van der Waals surface area contributed by atoms with Gasteiger partial charge in [-0.1, -0.05) is 60.7 Å². The molecule has 0 saturated heterocycles. The summed E-state index contributed by atoms with van der Waals surface area (Å²) in [4.78, 5) is 62.0. The van der Waals surface area contributed by atoms with Crippen LogP contribution in [0.15, 0.2) is 60.7 Å². The average molecular weight is 556 g/mol. The number of nitrogens with one attached hydrogen (secondary N) is 4. The van der Waals surface area contributed by atoms with Crippen molar-refractivity contribution in [2.24, 2.45) is 5.73 Å². The number of ether oxygens (including phenoxy) is 1. The van der Waals surface area contributed by atoms with E-state index in [0.29, 0.717) is 11.1 Å². The highest BCUT2D eigenvalue weighted by Gasteiger charge is 2.32. The summed E-state index contributed by atoms with van der Waals surface area (Å²) in [6.07, 6.45) is -3.27. The molecule has 12 nitrogen and oxygen atoms in total. The van der Waals surface area contributed by atoms with E-state index in [4.69, 9.17) is 10.5 Å². The molecule has 0 bridgehead atoms. The van der Waals surface area contributed by atoms with Crippen LogP contribution >= 0.6 is 0 Å². The summed E-state index contributed by atoms with van der Waals surface area (Å²) < 4.78 is 5.13. The van der Waals surface area contributed by atoms with Crippen molar-refractivity contribution in [3.8, 4) is 0 Å². The Labute approximate surface area is 233 Å². The quantitative estimate of drug-likeness (QED) is 0.205. The van der Waals surface area contributed by atoms with Gasteiger partial charge in [-0.05, 0) is 38.3 Å². The Hall–Kier alpha value is -4.45. The van der Waals surface area contributed by atoms with Crippen LogP contribution in [0, 0.1) is 0 Å². The molecule has 2 aromatic rings. The molecule has 3 atom stereocenters. The molecule has 0 spiro atoms. The standard InChI is InChI=1S/C28H37N5O7/c1-28(2,3)33-23(35)16-30-26(38)24(36)20(14-18-10-6-4-7-11-18)31-25(37)21(15-22(29)34)32-27(39)40-17-19-12-8-5-9-13-19/h4-13,20-21,24,36H,14-17H2,1-3H3,(H2,29,34)(H,30,38)(H,31,37)(H,32,39)(H,33,35)/t20-,21-,24-/m0/s1. The van der Waals surface area contributed by atoms with Gasteiger partial charge < -0.3 is 36.8 Å². The molecule has 0 aliphatic carbocycles. The Kier molecular flexibility index (Phi) is 12.1. The highest BCUT2D eigenvalue weighted by Crippen LogP contribution is 2.09. The fourth-order valence-corrected chi connectivity index (χ4v) is 3.63. The molecule has 0 unspecified atom stereocenters. The van der Waals surface area contributed by atoms with Gasteiger partial charge in [-0.25, -0.2) is 4.79 Å². The molecule has 0 aromatic heterocycles. The van der Waals surface area contributed by atoms with E-state index in [0.717, 1.165) is 0 Å². The molecule has 216 valence electrons. The monoisotopic (exact) mass is 555 g/mol. The molecule has 0 aliphatic heterocycles. The first-order valence-electron chi connectivity index (χ1n) is 12.7. The predicted molar refractivity (Wildman–Crippen MR) is 146 cm³/mol.